The van der Waals surface area contributed by atoms with E-state index in [1.54, 1.807) is 12.1 Å². The second kappa shape index (κ2) is 3.89. The molecular weight excluding hydrogens is 177 g/mol. The molecule has 3 heteroatoms. The van der Waals surface area contributed by atoms with E-state index in [2.05, 4.69) is 0 Å². The maximum absolute atomic E-state index is 12.9. The van der Waals surface area contributed by atoms with Crippen LogP contribution in [0, 0.1) is 17.1 Å². The van der Waals surface area contributed by atoms with E-state index in [4.69, 9.17) is 16.9 Å². The number of nitriles is 1. The molecule has 0 spiro atoms. The fraction of sp³-hybridized carbons (Fsp3) is 0. The lowest BCUT2D eigenvalue weighted by Gasteiger charge is -1.97. The molecule has 0 aliphatic carbocycles. The number of allylic oxidation sites excluding steroid dienone is 1. The third-order valence-corrected chi connectivity index (χ3v) is 1.65. The number of halogens is 2. The first-order valence-corrected chi connectivity index (χ1v) is 3.63. The van der Waals surface area contributed by atoms with Crippen LogP contribution in [0.3, 0.4) is 0 Å². The molecule has 0 N–H and O–H groups in total. The molecule has 1 aromatic rings. The van der Waals surface area contributed by atoms with Gasteiger partial charge in [0.25, 0.3) is 0 Å². The van der Waals surface area contributed by atoms with Crippen LogP contribution in [-0.4, -0.2) is 0 Å². The first kappa shape index (κ1) is 8.76. The first-order chi connectivity index (χ1) is 5.75. The van der Waals surface area contributed by atoms with Crippen molar-refractivity contribution in [3.05, 3.63) is 40.7 Å². The van der Waals surface area contributed by atoms with Crippen molar-refractivity contribution in [2.24, 2.45) is 0 Å². The molecule has 0 atom stereocenters. The normalized spacial score (nSPS) is 10.1. The number of rotatable bonds is 1. The third-order valence-electron chi connectivity index (χ3n) is 1.32. The van der Waals surface area contributed by atoms with Crippen molar-refractivity contribution in [2.45, 2.75) is 0 Å². The highest BCUT2D eigenvalue weighted by Crippen LogP contribution is 2.19. The van der Waals surface area contributed by atoms with Gasteiger partial charge in [-0.3, -0.25) is 0 Å². The maximum atomic E-state index is 12.9. The molecular formula is C9H5ClFN. The van der Waals surface area contributed by atoms with Crippen molar-refractivity contribution in [1.29, 1.82) is 5.26 Å². The summed E-state index contributed by atoms with van der Waals surface area (Å²) in [4.78, 5) is 0. The van der Waals surface area contributed by atoms with Crippen molar-refractivity contribution in [1.82, 2.24) is 0 Å². The van der Waals surface area contributed by atoms with E-state index >= 15 is 0 Å². The molecule has 0 aliphatic heterocycles. The van der Waals surface area contributed by atoms with Crippen LogP contribution in [0.25, 0.3) is 6.08 Å². The minimum atomic E-state index is -0.422. The van der Waals surface area contributed by atoms with Crippen molar-refractivity contribution < 1.29 is 4.39 Å². The molecule has 0 saturated heterocycles. The average molecular weight is 182 g/mol. The van der Waals surface area contributed by atoms with Crippen LogP contribution in [0.15, 0.2) is 24.3 Å². The number of nitrogens with zero attached hydrogens (tertiary/aromatic N) is 1. The topological polar surface area (TPSA) is 23.8 Å². The predicted octanol–water partition coefficient (Wildman–Crippen LogP) is 3.02. The van der Waals surface area contributed by atoms with Crippen LogP contribution in [-0.2, 0) is 0 Å². The van der Waals surface area contributed by atoms with Crippen LogP contribution in [0.2, 0.25) is 5.02 Å². The van der Waals surface area contributed by atoms with Crippen LogP contribution in [0.4, 0.5) is 4.39 Å². The zero-order valence-corrected chi connectivity index (χ0v) is 6.85. The van der Waals surface area contributed by atoms with E-state index in [1.807, 2.05) is 0 Å². The Morgan fingerprint density at radius 3 is 2.83 bits per heavy atom. The average Bonchev–Trinajstić information content (AvgIpc) is 2.04. The van der Waals surface area contributed by atoms with Crippen LogP contribution in [0.5, 0.6) is 0 Å². The molecule has 12 heavy (non-hydrogen) atoms. The summed E-state index contributed by atoms with van der Waals surface area (Å²) in [5.74, 6) is -0.422. The van der Waals surface area contributed by atoms with E-state index in [0.29, 0.717) is 5.02 Å². The van der Waals surface area contributed by atoms with Gasteiger partial charge in [-0.05, 0) is 18.2 Å². The van der Waals surface area contributed by atoms with E-state index in [-0.39, 0.29) is 5.56 Å². The number of hydrogen-bond acceptors (Lipinski definition) is 1. The first-order valence-electron chi connectivity index (χ1n) is 3.26. The third kappa shape index (κ3) is 1.84. The minimum Gasteiger partial charge on any atom is -0.206 e. The minimum absolute atomic E-state index is 0.251. The summed E-state index contributed by atoms with van der Waals surface area (Å²) in [6.45, 7) is 0. The fourth-order valence-corrected chi connectivity index (χ4v) is 1.02. The van der Waals surface area contributed by atoms with Crippen LogP contribution in [0.1, 0.15) is 5.56 Å². The van der Waals surface area contributed by atoms with Gasteiger partial charge in [0.15, 0.2) is 0 Å². The van der Waals surface area contributed by atoms with Crippen molar-refractivity contribution in [3.63, 3.8) is 0 Å². The van der Waals surface area contributed by atoms with E-state index in [9.17, 15) is 4.39 Å². The number of benzene rings is 1. The van der Waals surface area contributed by atoms with Gasteiger partial charge in [0.05, 0.1) is 11.1 Å². The summed E-state index contributed by atoms with van der Waals surface area (Å²) in [5, 5.41) is 8.51. The lowest BCUT2D eigenvalue weighted by Crippen LogP contribution is -1.81. The molecule has 0 radical (unpaired) electrons. The van der Waals surface area contributed by atoms with Crippen LogP contribution < -0.4 is 0 Å². The summed E-state index contributed by atoms with van der Waals surface area (Å²) >= 11 is 5.66. The molecule has 0 heterocycles. The second-order valence-corrected chi connectivity index (χ2v) is 2.50. The van der Waals surface area contributed by atoms with Gasteiger partial charge < -0.3 is 0 Å². The highest BCUT2D eigenvalue weighted by molar-refractivity contribution is 6.32. The molecule has 0 unspecified atom stereocenters. The predicted molar refractivity (Wildman–Crippen MR) is 46.1 cm³/mol. The second-order valence-electron chi connectivity index (χ2n) is 2.10. The lowest BCUT2D eigenvalue weighted by atomic mass is 10.2. The van der Waals surface area contributed by atoms with Crippen molar-refractivity contribution in [2.75, 3.05) is 0 Å². The van der Waals surface area contributed by atoms with Gasteiger partial charge in [-0.25, -0.2) is 4.39 Å². The molecule has 0 aromatic heterocycles. The maximum Gasteiger partial charge on any atom is 0.131 e. The van der Waals surface area contributed by atoms with E-state index in [1.165, 1.54) is 24.3 Å². The Morgan fingerprint density at radius 1 is 1.50 bits per heavy atom. The summed E-state index contributed by atoms with van der Waals surface area (Å²) in [6, 6.07) is 6.15. The zero-order chi connectivity index (χ0) is 8.97. The Hall–Kier alpha value is -1.33. The monoisotopic (exact) mass is 181 g/mol. The molecule has 0 fully saturated rings. The lowest BCUT2D eigenvalue weighted by molar-refractivity contribution is 0.625. The largest absolute Gasteiger partial charge is 0.206 e. The molecule has 60 valence electrons. The van der Waals surface area contributed by atoms with Gasteiger partial charge >= 0.3 is 0 Å². The Bertz CT molecular complexity index is 332. The van der Waals surface area contributed by atoms with Gasteiger partial charge in [-0.15, -0.1) is 0 Å². The zero-order valence-electron chi connectivity index (χ0n) is 6.09. The van der Waals surface area contributed by atoms with Gasteiger partial charge in [-0.1, -0.05) is 17.7 Å². The number of hydrogen-bond donors (Lipinski definition) is 0. The molecule has 1 aromatic carbocycles. The molecule has 0 amide bonds. The Labute approximate surface area is 74.7 Å². The van der Waals surface area contributed by atoms with Crippen LogP contribution >= 0.6 is 11.6 Å². The summed E-state index contributed by atoms with van der Waals surface area (Å²) in [6.07, 6.45) is 2.53. The summed E-state index contributed by atoms with van der Waals surface area (Å²) in [5.41, 5.74) is 0.251. The Kier molecular flexibility index (Phi) is 2.84. The highest BCUT2D eigenvalue weighted by atomic mass is 35.5. The summed E-state index contributed by atoms with van der Waals surface area (Å²) in [7, 11) is 0. The molecule has 0 aliphatic rings. The molecule has 0 saturated carbocycles. The van der Waals surface area contributed by atoms with Gasteiger partial charge in [0, 0.05) is 11.6 Å². The smallest absolute Gasteiger partial charge is 0.131 e. The van der Waals surface area contributed by atoms with Gasteiger partial charge in [-0.2, -0.15) is 5.26 Å². The SMILES string of the molecule is N#C/C=C/c1c(F)cccc1Cl. The summed E-state index contributed by atoms with van der Waals surface area (Å²) < 4.78 is 12.9. The van der Waals surface area contributed by atoms with E-state index in [0.717, 1.165) is 0 Å². The van der Waals surface area contributed by atoms with Gasteiger partial charge in [0.2, 0.25) is 0 Å². The standard InChI is InChI=1S/C9H5ClFN/c10-8-4-1-5-9(11)7(8)3-2-6-12/h1-5H/b3-2+. The Balaban J connectivity index is 3.15. The molecule has 0 bridgehead atoms. The van der Waals surface area contributed by atoms with Gasteiger partial charge in [0.1, 0.15) is 5.82 Å². The van der Waals surface area contributed by atoms with E-state index < -0.39 is 5.82 Å². The quantitative estimate of drug-likeness (QED) is 0.611. The molecule has 1 nitrogen and oxygen atoms in total. The van der Waals surface area contributed by atoms with Crippen molar-refractivity contribution >= 4 is 17.7 Å². The fourth-order valence-electron chi connectivity index (χ4n) is 0.791. The molecule has 1 rings (SSSR count). The highest BCUT2D eigenvalue weighted by Gasteiger charge is 2.01. The Morgan fingerprint density at radius 2 is 2.25 bits per heavy atom. The van der Waals surface area contributed by atoms with Crippen molar-refractivity contribution in [3.8, 4) is 6.07 Å².